The van der Waals surface area contributed by atoms with Crippen molar-refractivity contribution in [1.82, 2.24) is 14.6 Å². The van der Waals surface area contributed by atoms with Gasteiger partial charge in [-0.3, -0.25) is 0 Å². The van der Waals surface area contributed by atoms with Gasteiger partial charge < -0.3 is 10.6 Å². The molecule has 2 N–H and O–H groups in total. The minimum Gasteiger partial charge on any atom is -0.349 e. The number of fused-ring (bicyclic) bond motifs is 1. The molecule has 2 aromatic heterocycles. The van der Waals surface area contributed by atoms with Crippen LogP contribution in [0.25, 0.3) is 5.65 Å². The Hall–Kier alpha value is -2.54. The molecular weight excluding hydrogens is 312 g/mol. The molecule has 0 spiro atoms. The highest BCUT2D eigenvalue weighted by Gasteiger charge is 2.29. The number of anilines is 1. The molecule has 124 valence electrons. The van der Waals surface area contributed by atoms with Gasteiger partial charge in [0.2, 0.25) is 0 Å². The highest BCUT2D eigenvalue weighted by molar-refractivity contribution is 5.54. The van der Waals surface area contributed by atoms with Gasteiger partial charge in [0.25, 0.3) is 0 Å². The number of aromatic nitrogens is 3. The second-order valence-corrected chi connectivity index (χ2v) is 5.95. The number of rotatable bonds is 3. The molecule has 5 nitrogen and oxygen atoms in total. The normalized spacial score (nSPS) is 17.8. The average molecular weight is 329 g/mol. The summed E-state index contributed by atoms with van der Waals surface area (Å²) in [7, 11) is 0. The molecule has 3 aromatic rings. The van der Waals surface area contributed by atoms with E-state index in [0.29, 0.717) is 17.8 Å². The van der Waals surface area contributed by atoms with Crippen LogP contribution in [0.3, 0.4) is 0 Å². The number of halogens is 2. The fraction of sp³-hybridized carbons (Fsp3) is 0.294. The molecular formula is C17H17F2N5. The van der Waals surface area contributed by atoms with E-state index < -0.39 is 5.82 Å². The zero-order chi connectivity index (χ0) is 16.7. The maximum Gasteiger partial charge on any atom is 0.161 e. The Labute approximate surface area is 137 Å². The molecule has 1 saturated heterocycles. The summed E-state index contributed by atoms with van der Waals surface area (Å²) in [6, 6.07) is 5.22. The van der Waals surface area contributed by atoms with Gasteiger partial charge in [0.1, 0.15) is 17.5 Å². The Morgan fingerprint density at radius 3 is 2.96 bits per heavy atom. The van der Waals surface area contributed by atoms with Crippen LogP contribution < -0.4 is 10.6 Å². The van der Waals surface area contributed by atoms with Gasteiger partial charge in [-0.15, -0.1) is 0 Å². The molecule has 1 atom stereocenters. The standard InChI is InChI=1S/C17H17F2N5/c18-12-3-4-14(19)13(8-12)15-2-1-6-23(15)16-5-7-24-17(22-16)11(9-20)10-21-24/h3-5,7-8,10,15H,1-2,6,9,20H2/t15-/m1/s1. The quantitative estimate of drug-likeness (QED) is 0.803. The summed E-state index contributed by atoms with van der Waals surface area (Å²) >= 11 is 0. The van der Waals surface area contributed by atoms with Crippen molar-refractivity contribution in [3.05, 3.63) is 59.4 Å². The summed E-state index contributed by atoms with van der Waals surface area (Å²) in [6.07, 6.45) is 5.17. The SMILES string of the molecule is NCc1cnn2ccc(N3CCC[C@@H]3c3cc(F)ccc3F)nc12. The second-order valence-electron chi connectivity index (χ2n) is 5.95. The first-order valence-electron chi connectivity index (χ1n) is 7.92. The zero-order valence-electron chi connectivity index (χ0n) is 13.0. The molecule has 1 aromatic carbocycles. The van der Waals surface area contributed by atoms with Gasteiger partial charge in [0.15, 0.2) is 5.65 Å². The summed E-state index contributed by atoms with van der Waals surface area (Å²) in [5.74, 6) is -0.0897. The number of hydrogen-bond acceptors (Lipinski definition) is 4. The van der Waals surface area contributed by atoms with Crippen molar-refractivity contribution in [1.29, 1.82) is 0 Å². The lowest BCUT2D eigenvalue weighted by atomic mass is 10.0. The molecule has 0 radical (unpaired) electrons. The number of hydrogen-bond donors (Lipinski definition) is 1. The highest BCUT2D eigenvalue weighted by Crippen LogP contribution is 2.36. The third-order valence-corrected chi connectivity index (χ3v) is 4.51. The summed E-state index contributed by atoms with van der Waals surface area (Å²) in [5.41, 5.74) is 7.64. The third-order valence-electron chi connectivity index (χ3n) is 4.51. The minimum absolute atomic E-state index is 0.222. The number of benzene rings is 1. The summed E-state index contributed by atoms with van der Waals surface area (Å²) < 4.78 is 29.4. The predicted molar refractivity (Wildman–Crippen MR) is 86.6 cm³/mol. The van der Waals surface area contributed by atoms with Crippen LogP contribution in [-0.2, 0) is 6.54 Å². The molecule has 0 bridgehead atoms. The van der Waals surface area contributed by atoms with E-state index in [2.05, 4.69) is 10.1 Å². The van der Waals surface area contributed by atoms with Gasteiger partial charge in [0.05, 0.1) is 12.2 Å². The first-order valence-corrected chi connectivity index (χ1v) is 7.92. The molecule has 0 unspecified atom stereocenters. The maximum atomic E-state index is 14.2. The van der Waals surface area contributed by atoms with E-state index in [0.717, 1.165) is 36.8 Å². The van der Waals surface area contributed by atoms with Crippen molar-refractivity contribution < 1.29 is 8.78 Å². The Bertz CT molecular complexity index is 892. The first kappa shape index (κ1) is 15.0. The average Bonchev–Trinajstić information content (AvgIpc) is 3.22. The van der Waals surface area contributed by atoms with Crippen molar-refractivity contribution in [3.8, 4) is 0 Å². The largest absolute Gasteiger partial charge is 0.349 e. The summed E-state index contributed by atoms with van der Waals surface area (Å²) in [4.78, 5) is 6.67. The van der Waals surface area contributed by atoms with E-state index in [9.17, 15) is 8.78 Å². The van der Waals surface area contributed by atoms with Crippen LogP contribution in [-0.4, -0.2) is 21.1 Å². The van der Waals surface area contributed by atoms with E-state index in [-0.39, 0.29) is 11.9 Å². The van der Waals surface area contributed by atoms with Crippen LogP contribution in [0.5, 0.6) is 0 Å². The van der Waals surface area contributed by atoms with Crippen LogP contribution in [0.1, 0.15) is 30.0 Å². The lowest BCUT2D eigenvalue weighted by Crippen LogP contribution is -2.24. The Morgan fingerprint density at radius 2 is 2.12 bits per heavy atom. The number of nitrogens with two attached hydrogens (primary N) is 1. The maximum absolute atomic E-state index is 14.2. The molecule has 1 fully saturated rings. The Morgan fingerprint density at radius 1 is 1.25 bits per heavy atom. The fourth-order valence-electron chi connectivity index (χ4n) is 3.34. The first-order chi connectivity index (χ1) is 11.7. The van der Waals surface area contributed by atoms with Gasteiger partial charge in [-0.1, -0.05) is 0 Å². The lowest BCUT2D eigenvalue weighted by Gasteiger charge is -2.26. The molecule has 1 aliphatic rings. The molecule has 0 amide bonds. The highest BCUT2D eigenvalue weighted by atomic mass is 19.1. The number of nitrogens with zero attached hydrogens (tertiary/aromatic N) is 4. The fourth-order valence-corrected chi connectivity index (χ4v) is 3.34. The molecule has 1 aliphatic heterocycles. The molecule has 24 heavy (non-hydrogen) atoms. The van der Waals surface area contributed by atoms with E-state index >= 15 is 0 Å². The van der Waals surface area contributed by atoms with Gasteiger partial charge in [-0.05, 0) is 37.1 Å². The van der Waals surface area contributed by atoms with Crippen LogP contribution in [0, 0.1) is 11.6 Å². The minimum atomic E-state index is -0.428. The van der Waals surface area contributed by atoms with Crippen LogP contribution in [0.15, 0.2) is 36.7 Å². The monoisotopic (exact) mass is 329 g/mol. The molecule has 3 heterocycles. The second kappa shape index (κ2) is 5.83. The van der Waals surface area contributed by atoms with E-state index in [4.69, 9.17) is 5.73 Å². The Kier molecular flexibility index (Phi) is 3.65. The predicted octanol–water partition coefficient (Wildman–Crippen LogP) is 2.81. The topological polar surface area (TPSA) is 59.4 Å². The van der Waals surface area contributed by atoms with Gasteiger partial charge in [-0.25, -0.2) is 18.3 Å². The van der Waals surface area contributed by atoms with E-state index in [1.807, 2.05) is 17.2 Å². The smallest absolute Gasteiger partial charge is 0.161 e. The van der Waals surface area contributed by atoms with Gasteiger partial charge in [0, 0.05) is 30.4 Å². The third kappa shape index (κ3) is 2.41. The van der Waals surface area contributed by atoms with Crippen molar-refractivity contribution in [2.75, 3.05) is 11.4 Å². The molecule has 0 aliphatic carbocycles. The lowest BCUT2D eigenvalue weighted by molar-refractivity contribution is 0.560. The van der Waals surface area contributed by atoms with E-state index in [1.54, 1.807) is 10.7 Å². The Balaban J connectivity index is 1.76. The zero-order valence-corrected chi connectivity index (χ0v) is 13.0. The van der Waals surface area contributed by atoms with Gasteiger partial charge >= 0.3 is 0 Å². The van der Waals surface area contributed by atoms with Crippen LogP contribution >= 0.6 is 0 Å². The van der Waals surface area contributed by atoms with Gasteiger partial charge in [-0.2, -0.15) is 5.10 Å². The molecule has 4 rings (SSSR count). The van der Waals surface area contributed by atoms with E-state index in [1.165, 1.54) is 12.1 Å². The summed E-state index contributed by atoms with van der Waals surface area (Å²) in [6.45, 7) is 1.10. The van der Waals surface area contributed by atoms with Crippen LogP contribution in [0.2, 0.25) is 0 Å². The van der Waals surface area contributed by atoms with Crippen molar-refractivity contribution in [2.24, 2.45) is 5.73 Å². The van der Waals surface area contributed by atoms with Crippen LogP contribution in [0.4, 0.5) is 14.6 Å². The molecule has 0 saturated carbocycles. The van der Waals surface area contributed by atoms with Crippen molar-refractivity contribution >= 4 is 11.5 Å². The van der Waals surface area contributed by atoms with Crippen molar-refractivity contribution in [3.63, 3.8) is 0 Å². The van der Waals surface area contributed by atoms with Crippen molar-refractivity contribution in [2.45, 2.75) is 25.4 Å². The summed E-state index contributed by atoms with van der Waals surface area (Å²) in [5, 5.41) is 4.21. The molecule has 7 heteroatoms.